The van der Waals surface area contributed by atoms with E-state index >= 15 is 0 Å². The molecule has 3 rings (SSSR count). The number of carbonyl (C=O) groups is 1. The molecule has 7 nitrogen and oxygen atoms in total. The Morgan fingerprint density at radius 1 is 1.36 bits per heavy atom. The molecule has 3 N–H and O–H groups in total. The summed E-state index contributed by atoms with van der Waals surface area (Å²) in [5.74, 6) is -1.22. The first kappa shape index (κ1) is 14.3. The molecule has 2 aliphatic rings. The van der Waals surface area contributed by atoms with Crippen LogP contribution in [0, 0.1) is 11.3 Å². The van der Waals surface area contributed by atoms with E-state index in [1.807, 2.05) is 6.07 Å². The van der Waals surface area contributed by atoms with Crippen molar-refractivity contribution in [3.05, 3.63) is 17.7 Å². The molecule has 1 aromatic rings. The maximum Gasteiger partial charge on any atom is 0.586 e. The van der Waals surface area contributed by atoms with Crippen molar-refractivity contribution in [3.63, 3.8) is 0 Å². The van der Waals surface area contributed by atoms with E-state index in [4.69, 9.17) is 10.5 Å². The van der Waals surface area contributed by atoms with Crippen molar-refractivity contribution >= 4 is 11.6 Å². The Balaban J connectivity index is 1.87. The Hall–Kier alpha value is -2.60. The maximum absolute atomic E-state index is 13.0. The molecule has 2 aliphatic heterocycles. The van der Waals surface area contributed by atoms with Crippen molar-refractivity contribution in [1.82, 2.24) is 5.32 Å². The van der Waals surface area contributed by atoms with Gasteiger partial charge in [-0.2, -0.15) is 5.26 Å². The number of nitrogen functional groups attached to an aromatic ring is 1. The molecule has 1 unspecified atom stereocenters. The number of nitrogens with two attached hydrogens (primary N) is 1. The first-order valence-electron chi connectivity index (χ1n) is 6.35. The molecule has 1 saturated heterocycles. The molecule has 22 heavy (non-hydrogen) atoms. The number of nitriles is 1. The van der Waals surface area contributed by atoms with Gasteiger partial charge in [0.2, 0.25) is 0 Å². The summed E-state index contributed by atoms with van der Waals surface area (Å²) in [6.45, 7) is 0.397. The molecule has 1 fully saturated rings. The topological polar surface area (TPSA) is 107 Å². The van der Waals surface area contributed by atoms with Crippen molar-refractivity contribution in [2.24, 2.45) is 0 Å². The molecule has 1 amide bonds. The van der Waals surface area contributed by atoms with Crippen LogP contribution in [0.4, 0.5) is 14.5 Å². The summed E-state index contributed by atoms with van der Waals surface area (Å²) in [6, 6.07) is 4.13. The largest absolute Gasteiger partial charge is 0.586 e. The average Bonchev–Trinajstić information content (AvgIpc) is 3.00. The molecule has 1 atom stereocenters. The summed E-state index contributed by atoms with van der Waals surface area (Å²) < 4.78 is 39.6. The van der Waals surface area contributed by atoms with E-state index in [0.717, 1.165) is 12.1 Å². The SMILES string of the molecule is N#CC1(NC(=O)c2cc3c(cc2N)OC(F)(F)O3)CCOC1. The molecule has 116 valence electrons. The second-order valence-electron chi connectivity index (χ2n) is 5.00. The highest BCUT2D eigenvalue weighted by molar-refractivity contribution is 6.00. The third-order valence-corrected chi connectivity index (χ3v) is 3.41. The second kappa shape index (κ2) is 4.71. The highest BCUT2D eigenvalue weighted by atomic mass is 19.3. The fourth-order valence-electron chi connectivity index (χ4n) is 2.27. The van der Waals surface area contributed by atoms with Crippen molar-refractivity contribution in [1.29, 1.82) is 5.26 Å². The van der Waals surface area contributed by atoms with Gasteiger partial charge < -0.3 is 25.3 Å². The summed E-state index contributed by atoms with van der Waals surface area (Å²) in [6.07, 6.45) is -3.46. The number of nitrogens with zero attached hydrogens (tertiary/aromatic N) is 1. The van der Waals surface area contributed by atoms with Gasteiger partial charge in [0.1, 0.15) is 0 Å². The quantitative estimate of drug-likeness (QED) is 0.789. The molecular weight excluding hydrogens is 300 g/mol. The second-order valence-corrected chi connectivity index (χ2v) is 5.00. The number of halogens is 2. The summed E-state index contributed by atoms with van der Waals surface area (Å²) in [7, 11) is 0. The van der Waals surface area contributed by atoms with E-state index in [1.54, 1.807) is 0 Å². The van der Waals surface area contributed by atoms with Crippen LogP contribution in [0.3, 0.4) is 0 Å². The molecule has 1 aromatic carbocycles. The van der Waals surface area contributed by atoms with Crippen molar-refractivity contribution in [2.75, 3.05) is 18.9 Å². The lowest BCUT2D eigenvalue weighted by Crippen LogP contribution is -2.48. The summed E-state index contributed by atoms with van der Waals surface area (Å²) in [5.41, 5.74) is 4.39. The normalized spacial score (nSPS) is 24.8. The zero-order chi connectivity index (χ0) is 16.0. The number of hydrogen-bond acceptors (Lipinski definition) is 6. The van der Waals surface area contributed by atoms with Gasteiger partial charge in [-0.15, -0.1) is 8.78 Å². The van der Waals surface area contributed by atoms with E-state index in [2.05, 4.69) is 14.8 Å². The van der Waals surface area contributed by atoms with Gasteiger partial charge >= 0.3 is 6.29 Å². The number of hydrogen-bond donors (Lipinski definition) is 2. The average molecular weight is 311 g/mol. The van der Waals surface area contributed by atoms with Crippen LogP contribution >= 0.6 is 0 Å². The highest BCUT2D eigenvalue weighted by Crippen LogP contribution is 2.43. The first-order valence-corrected chi connectivity index (χ1v) is 6.35. The molecule has 0 bridgehead atoms. The molecule has 9 heteroatoms. The lowest BCUT2D eigenvalue weighted by Gasteiger charge is -2.20. The van der Waals surface area contributed by atoms with E-state index in [-0.39, 0.29) is 29.4 Å². The van der Waals surface area contributed by atoms with Crippen LogP contribution in [0.15, 0.2) is 12.1 Å². The Bertz CT molecular complexity index is 681. The van der Waals surface area contributed by atoms with Gasteiger partial charge in [-0.1, -0.05) is 0 Å². The van der Waals surface area contributed by atoms with Gasteiger partial charge in [-0.3, -0.25) is 4.79 Å². The fourth-order valence-corrected chi connectivity index (χ4v) is 2.27. The number of alkyl halides is 2. The number of rotatable bonds is 2. The number of ether oxygens (including phenoxy) is 3. The Morgan fingerprint density at radius 3 is 2.64 bits per heavy atom. The van der Waals surface area contributed by atoms with Crippen LogP contribution in [0.2, 0.25) is 0 Å². The number of anilines is 1. The predicted molar refractivity (Wildman–Crippen MR) is 68.3 cm³/mol. The minimum absolute atomic E-state index is 0.0533. The Morgan fingerprint density at radius 2 is 2.05 bits per heavy atom. The minimum atomic E-state index is -3.79. The molecular formula is C13H11F2N3O4. The number of amides is 1. The molecule has 0 saturated carbocycles. The Labute approximate surface area is 123 Å². The van der Waals surface area contributed by atoms with Gasteiger partial charge in [-0.05, 0) is 6.07 Å². The predicted octanol–water partition coefficient (Wildman–Crippen LogP) is 1.00. The third-order valence-electron chi connectivity index (χ3n) is 3.41. The number of nitrogens with one attached hydrogen (secondary N) is 1. The van der Waals surface area contributed by atoms with Gasteiger partial charge in [-0.25, -0.2) is 0 Å². The molecule has 0 aromatic heterocycles. The van der Waals surface area contributed by atoms with Gasteiger partial charge in [0.25, 0.3) is 5.91 Å². The van der Waals surface area contributed by atoms with Crippen LogP contribution in [0.25, 0.3) is 0 Å². The molecule has 2 heterocycles. The van der Waals surface area contributed by atoms with E-state index in [0.29, 0.717) is 13.0 Å². The van der Waals surface area contributed by atoms with E-state index in [1.165, 1.54) is 0 Å². The van der Waals surface area contributed by atoms with Crippen molar-refractivity contribution in [3.8, 4) is 17.6 Å². The van der Waals surface area contributed by atoms with Crippen molar-refractivity contribution < 1.29 is 27.8 Å². The maximum atomic E-state index is 13.0. The standard InChI is InChI=1S/C13H11F2N3O4/c14-13(15)21-9-3-7(8(17)4-10(9)22-13)11(19)18-12(5-16)1-2-20-6-12/h3-4H,1-2,6,17H2,(H,18,19). The number of fused-ring (bicyclic) bond motifs is 1. The number of carbonyl (C=O) groups excluding carboxylic acids is 1. The fraction of sp³-hybridized carbons (Fsp3) is 0.385. The molecule has 0 radical (unpaired) electrons. The zero-order valence-corrected chi connectivity index (χ0v) is 11.2. The monoisotopic (exact) mass is 311 g/mol. The minimum Gasteiger partial charge on any atom is -0.398 e. The van der Waals surface area contributed by atoms with Gasteiger partial charge in [0, 0.05) is 18.2 Å². The molecule has 0 spiro atoms. The first-order chi connectivity index (χ1) is 10.3. The number of benzene rings is 1. The van der Waals surface area contributed by atoms with Gasteiger partial charge in [0.05, 0.1) is 24.8 Å². The van der Waals surface area contributed by atoms with Crippen LogP contribution in [0.1, 0.15) is 16.8 Å². The van der Waals surface area contributed by atoms with Crippen LogP contribution in [-0.2, 0) is 4.74 Å². The smallest absolute Gasteiger partial charge is 0.398 e. The summed E-state index contributed by atoms with van der Waals surface area (Å²) >= 11 is 0. The highest BCUT2D eigenvalue weighted by Gasteiger charge is 2.44. The van der Waals surface area contributed by atoms with E-state index in [9.17, 15) is 18.8 Å². The summed E-state index contributed by atoms with van der Waals surface area (Å²) in [5, 5.41) is 11.7. The van der Waals surface area contributed by atoms with Crippen LogP contribution < -0.4 is 20.5 Å². The third kappa shape index (κ3) is 2.37. The Kier molecular flexibility index (Phi) is 3.07. The van der Waals surface area contributed by atoms with Crippen molar-refractivity contribution in [2.45, 2.75) is 18.3 Å². The summed E-state index contributed by atoms with van der Waals surface area (Å²) in [4.78, 5) is 12.3. The lowest BCUT2D eigenvalue weighted by molar-refractivity contribution is -0.286. The zero-order valence-electron chi connectivity index (χ0n) is 11.2. The van der Waals surface area contributed by atoms with Crippen LogP contribution in [-0.4, -0.2) is 31.0 Å². The van der Waals surface area contributed by atoms with E-state index < -0.39 is 17.7 Å². The van der Waals surface area contributed by atoms with Crippen LogP contribution in [0.5, 0.6) is 11.5 Å². The van der Waals surface area contributed by atoms with Gasteiger partial charge in [0.15, 0.2) is 17.0 Å². The lowest BCUT2D eigenvalue weighted by atomic mass is 10.00. The molecule has 0 aliphatic carbocycles.